The van der Waals surface area contributed by atoms with Gasteiger partial charge in [-0.15, -0.1) is 0 Å². The second-order valence-electron chi connectivity index (χ2n) is 8.08. The van der Waals surface area contributed by atoms with Crippen LogP contribution in [0.3, 0.4) is 0 Å². The Balaban J connectivity index is 0.00000132. The highest BCUT2D eigenvalue weighted by Gasteiger charge is 2.29. The van der Waals surface area contributed by atoms with E-state index in [-0.39, 0.29) is 11.5 Å². The van der Waals surface area contributed by atoms with Crippen molar-refractivity contribution in [3.05, 3.63) is 58.7 Å². The molecule has 0 bridgehead atoms. The Morgan fingerprint density at radius 2 is 1.58 bits per heavy atom. The fourth-order valence-corrected chi connectivity index (χ4v) is 3.83. The molecule has 0 atom stereocenters. The fraction of sp³-hybridized carbons (Fsp3) is 0.462. The van der Waals surface area contributed by atoms with Crippen LogP contribution in [-0.2, 0) is 11.3 Å². The van der Waals surface area contributed by atoms with Gasteiger partial charge in [0.1, 0.15) is 5.75 Å². The quantitative estimate of drug-likeness (QED) is 0.556. The molecule has 2 aliphatic rings. The number of anilines is 1. The lowest BCUT2D eigenvalue weighted by molar-refractivity contribution is -0.116. The molecule has 2 aromatic rings. The van der Waals surface area contributed by atoms with E-state index in [1.54, 1.807) is 11.0 Å². The average Bonchev–Trinajstić information content (AvgIpc) is 3.66. The summed E-state index contributed by atoms with van der Waals surface area (Å²) in [5, 5.41) is 9.29. The summed E-state index contributed by atoms with van der Waals surface area (Å²) in [6.45, 7) is 8.22. The Labute approximate surface area is 185 Å². The number of benzene rings is 2. The lowest BCUT2D eigenvalue weighted by atomic mass is 9.99. The highest BCUT2D eigenvalue weighted by Crippen LogP contribution is 2.45. The number of carboxylic acid groups (broad SMARTS) is 1. The second-order valence-corrected chi connectivity index (χ2v) is 8.08. The zero-order valence-corrected chi connectivity index (χ0v) is 19.0. The molecule has 1 amide bonds. The fourth-order valence-electron chi connectivity index (χ4n) is 3.83. The van der Waals surface area contributed by atoms with Gasteiger partial charge >= 0.3 is 5.97 Å². The molecule has 0 unspecified atom stereocenters. The molecule has 2 aromatic carbocycles. The molecule has 0 saturated heterocycles. The molecule has 2 fully saturated rings. The molecule has 0 aliphatic heterocycles. The summed E-state index contributed by atoms with van der Waals surface area (Å²) in [6, 6.07) is 11.5. The van der Waals surface area contributed by atoms with E-state index in [1.807, 2.05) is 20.8 Å². The van der Waals surface area contributed by atoms with Crippen LogP contribution in [0.4, 0.5) is 5.69 Å². The molecule has 31 heavy (non-hydrogen) atoms. The van der Waals surface area contributed by atoms with Gasteiger partial charge in [0.25, 0.3) is 0 Å². The van der Waals surface area contributed by atoms with Crippen molar-refractivity contribution in [3.8, 4) is 5.75 Å². The van der Waals surface area contributed by atoms with Crippen LogP contribution in [0, 0.1) is 0 Å². The first-order valence-corrected chi connectivity index (χ1v) is 11.4. The first kappa shape index (κ1) is 22.9. The van der Waals surface area contributed by atoms with E-state index in [0.717, 1.165) is 5.56 Å². The van der Waals surface area contributed by atoms with Crippen molar-refractivity contribution in [3.63, 3.8) is 0 Å². The van der Waals surface area contributed by atoms with Gasteiger partial charge in [0.15, 0.2) is 0 Å². The Morgan fingerprint density at radius 3 is 2.03 bits per heavy atom. The average molecular weight is 424 g/mol. The third kappa shape index (κ3) is 5.66. The summed E-state index contributed by atoms with van der Waals surface area (Å²) >= 11 is 0. The smallest absolute Gasteiger partial charge is 0.335 e. The van der Waals surface area contributed by atoms with E-state index in [4.69, 9.17) is 4.74 Å². The number of rotatable bonds is 8. The molecular formula is C26H33NO4. The number of nitrogens with zero attached hydrogens (tertiary/aromatic N) is 1. The molecular weight excluding hydrogens is 390 g/mol. The zero-order chi connectivity index (χ0) is 22.5. The molecule has 2 saturated carbocycles. The predicted molar refractivity (Wildman–Crippen MR) is 123 cm³/mol. The SMILES string of the molecule is CC.CCOc1cc(C(=O)O)ccc1N(Cc1cc(C2CC2)cc(C2CC2)c1)C(C)=O. The van der Waals surface area contributed by atoms with E-state index in [9.17, 15) is 14.7 Å². The summed E-state index contributed by atoms with van der Waals surface area (Å²) in [4.78, 5) is 25.6. The van der Waals surface area contributed by atoms with Crippen LogP contribution in [0.2, 0.25) is 0 Å². The highest BCUT2D eigenvalue weighted by atomic mass is 16.5. The van der Waals surface area contributed by atoms with Gasteiger partial charge in [-0.05, 0) is 79.3 Å². The van der Waals surface area contributed by atoms with Gasteiger partial charge in [-0.1, -0.05) is 32.0 Å². The van der Waals surface area contributed by atoms with E-state index >= 15 is 0 Å². The molecule has 0 aromatic heterocycles. The topological polar surface area (TPSA) is 66.8 Å². The summed E-state index contributed by atoms with van der Waals surface area (Å²) in [6.07, 6.45) is 4.98. The number of amides is 1. The van der Waals surface area contributed by atoms with Gasteiger partial charge in [-0.25, -0.2) is 4.79 Å². The van der Waals surface area contributed by atoms with Crippen molar-refractivity contribution in [2.75, 3.05) is 11.5 Å². The van der Waals surface area contributed by atoms with E-state index in [0.29, 0.717) is 36.4 Å². The Kier molecular flexibility index (Phi) is 7.37. The first-order valence-electron chi connectivity index (χ1n) is 11.4. The summed E-state index contributed by atoms with van der Waals surface area (Å²) < 4.78 is 5.68. The first-order chi connectivity index (χ1) is 15.0. The Hall–Kier alpha value is -2.82. The maximum atomic E-state index is 12.5. The predicted octanol–water partition coefficient (Wildman–Crippen LogP) is 6.12. The third-order valence-corrected chi connectivity index (χ3v) is 5.65. The summed E-state index contributed by atoms with van der Waals surface area (Å²) in [5.41, 5.74) is 4.65. The number of aromatic carboxylic acids is 1. The van der Waals surface area contributed by atoms with Crippen LogP contribution in [0.25, 0.3) is 0 Å². The number of ether oxygens (including phenoxy) is 1. The molecule has 0 radical (unpaired) electrons. The molecule has 4 rings (SSSR count). The molecule has 5 heteroatoms. The van der Waals surface area contributed by atoms with Gasteiger partial charge in [0, 0.05) is 6.92 Å². The third-order valence-electron chi connectivity index (χ3n) is 5.65. The van der Waals surface area contributed by atoms with Crippen LogP contribution < -0.4 is 9.64 Å². The van der Waals surface area contributed by atoms with Crippen LogP contribution in [0.1, 0.15) is 92.3 Å². The Morgan fingerprint density at radius 1 is 1.00 bits per heavy atom. The molecule has 1 N–H and O–H groups in total. The van der Waals surface area contributed by atoms with Crippen molar-refractivity contribution in [2.45, 2.75) is 71.8 Å². The lowest BCUT2D eigenvalue weighted by Crippen LogP contribution is -2.28. The number of carbonyl (C=O) groups excluding carboxylic acids is 1. The van der Waals surface area contributed by atoms with Crippen molar-refractivity contribution >= 4 is 17.6 Å². The summed E-state index contributed by atoms with van der Waals surface area (Å²) in [5.74, 6) is 0.624. The monoisotopic (exact) mass is 423 g/mol. The number of carboxylic acids is 1. The second kappa shape index (κ2) is 9.99. The molecule has 166 valence electrons. The number of hydrogen-bond donors (Lipinski definition) is 1. The van der Waals surface area contributed by atoms with Crippen LogP contribution in [0.15, 0.2) is 36.4 Å². The maximum absolute atomic E-state index is 12.5. The normalized spacial score (nSPS) is 15.0. The highest BCUT2D eigenvalue weighted by molar-refractivity contribution is 5.95. The summed E-state index contributed by atoms with van der Waals surface area (Å²) in [7, 11) is 0. The van der Waals surface area contributed by atoms with Gasteiger partial charge in [0.05, 0.1) is 24.4 Å². The maximum Gasteiger partial charge on any atom is 0.335 e. The Bertz CT molecular complexity index is 914. The number of hydrogen-bond acceptors (Lipinski definition) is 3. The van der Waals surface area contributed by atoms with Gasteiger partial charge in [-0.3, -0.25) is 4.79 Å². The van der Waals surface area contributed by atoms with E-state index < -0.39 is 5.97 Å². The minimum atomic E-state index is -1.02. The molecule has 2 aliphatic carbocycles. The van der Waals surface area contributed by atoms with E-state index in [1.165, 1.54) is 55.9 Å². The van der Waals surface area contributed by atoms with Crippen LogP contribution in [0.5, 0.6) is 5.75 Å². The minimum Gasteiger partial charge on any atom is -0.492 e. The van der Waals surface area contributed by atoms with E-state index in [2.05, 4.69) is 18.2 Å². The molecule has 0 spiro atoms. The van der Waals surface area contributed by atoms with Gasteiger partial charge < -0.3 is 14.7 Å². The zero-order valence-electron chi connectivity index (χ0n) is 19.0. The van der Waals surface area contributed by atoms with Crippen LogP contribution in [-0.4, -0.2) is 23.6 Å². The van der Waals surface area contributed by atoms with Crippen molar-refractivity contribution in [1.82, 2.24) is 0 Å². The molecule has 0 heterocycles. The standard InChI is InChI=1S/C24H27NO4.C2H6/c1-3-29-23-13-19(24(27)28)8-9-22(23)25(15(2)26)14-16-10-20(17-4-5-17)12-21(11-16)18-6-7-18;1-2/h8-13,17-18H,3-7,14H2,1-2H3,(H,27,28);1-2H3. The lowest BCUT2D eigenvalue weighted by Gasteiger charge is -2.25. The van der Waals surface area contributed by atoms with Crippen molar-refractivity contribution in [1.29, 1.82) is 0 Å². The largest absolute Gasteiger partial charge is 0.492 e. The van der Waals surface area contributed by atoms with Crippen molar-refractivity contribution in [2.24, 2.45) is 0 Å². The van der Waals surface area contributed by atoms with Crippen molar-refractivity contribution < 1.29 is 19.4 Å². The van der Waals surface area contributed by atoms with Gasteiger partial charge in [-0.2, -0.15) is 0 Å². The number of carbonyl (C=O) groups is 2. The van der Waals surface area contributed by atoms with Gasteiger partial charge in [0.2, 0.25) is 5.91 Å². The molecule has 5 nitrogen and oxygen atoms in total. The minimum absolute atomic E-state index is 0.0983. The van der Waals surface area contributed by atoms with Crippen LogP contribution >= 0.6 is 0 Å².